The van der Waals surface area contributed by atoms with Gasteiger partial charge in [-0.15, -0.1) is 0 Å². The average molecular weight is 473 g/mol. The van der Waals surface area contributed by atoms with E-state index in [2.05, 4.69) is 0 Å². The summed E-state index contributed by atoms with van der Waals surface area (Å²) in [4.78, 5) is 27.4. The first-order valence-electron chi connectivity index (χ1n) is 10.9. The lowest BCUT2D eigenvalue weighted by molar-refractivity contribution is -0.148. The highest BCUT2D eigenvalue weighted by atomic mass is 32.2. The van der Waals surface area contributed by atoms with Gasteiger partial charge in [-0.05, 0) is 56.0 Å². The molecule has 1 fully saturated rings. The van der Waals surface area contributed by atoms with Crippen LogP contribution >= 0.6 is 0 Å². The molecule has 0 saturated carbocycles. The summed E-state index contributed by atoms with van der Waals surface area (Å²) in [6.45, 7) is 4.24. The van der Waals surface area contributed by atoms with E-state index in [4.69, 9.17) is 9.47 Å². The number of para-hydroxylation sites is 2. The first-order chi connectivity index (χ1) is 15.7. The average Bonchev–Trinajstić information content (AvgIpc) is 2.83. The number of hydrogen-bond acceptors (Lipinski definition) is 6. The zero-order valence-corrected chi connectivity index (χ0v) is 19.8. The Morgan fingerprint density at radius 1 is 1.06 bits per heavy atom. The van der Waals surface area contributed by atoms with Crippen molar-refractivity contribution in [2.24, 2.45) is 5.92 Å². The molecule has 2 aromatic rings. The Kier molecular flexibility index (Phi) is 6.45. The molecule has 2 heterocycles. The minimum atomic E-state index is -3.63. The van der Waals surface area contributed by atoms with E-state index in [0.29, 0.717) is 34.7 Å². The molecule has 176 valence electrons. The molecular weight excluding hydrogens is 444 g/mol. The minimum absolute atomic E-state index is 0.0590. The lowest BCUT2D eigenvalue weighted by Gasteiger charge is -2.37. The number of piperidine rings is 1. The van der Waals surface area contributed by atoms with Crippen molar-refractivity contribution >= 4 is 27.6 Å². The Hall–Kier alpha value is -2.91. The molecule has 1 saturated heterocycles. The topological polar surface area (TPSA) is 93.2 Å². The number of anilines is 1. The first-order valence-corrected chi connectivity index (χ1v) is 12.4. The predicted molar refractivity (Wildman–Crippen MR) is 123 cm³/mol. The first kappa shape index (κ1) is 23.3. The van der Waals surface area contributed by atoms with E-state index in [-0.39, 0.29) is 31.5 Å². The zero-order valence-electron chi connectivity index (χ0n) is 19.0. The number of fused-ring (bicyclic) bond motifs is 1. The lowest BCUT2D eigenvalue weighted by Crippen LogP contribution is -2.51. The molecule has 1 atom stereocenters. The second-order valence-corrected chi connectivity index (χ2v) is 10.4. The van der Waals surface area contributed by atoms with Crippen molar-refractivity contribution in [2.75, 3.05) is 31.6 Å². The van der Waals surface area contributed by atoms with E-state index in [1.165, 1.54) is 11.4 Å². The number of amides is 1. The monoisotopic (exact) mass is 472 g/mol. The minimum Gasteiger partial charge on any atom is -0.475 e. The highest BCUT2D eigenvalue weighted by molar-refractivity contribution is 7.89. The van der Waals surface area contributed by atoms with Crippen LogP contribution in [0.15, 0.2) is 47.4 Å². The number of benzene rings is 2. The molecule has 2 aromatic carbocycles. The van der Waals surface area contributed by atoms with Gasteiger partial charge < -0.3 is 14.4 Å². The molecule has 0 unspecified atom stereocenters. The summed E-state index contributed by atoms with van der Waals surface area (Å²) in [5.74, 6) is -0.581. The largest absolute Gasteiger partial charge is 0.475 e. The molecule has 9 heteroatoms. The van der Waals surface area contributed by atoms with Gasteiger partial charge in [-0.2, -0.15) is 4.31 Å². The summed E-state index contributed by atoms with van der Waals surface area (Å²) in [6.07, 6.45) is -0.0879. The fourth-order valence-electron chi connectivity index (χ4n) is 4.39. The lowest BCUT2D eigenvalue weighted by atomic mass is 9.95. The molecular formula is C24H28N2O6S. The van der Waals surface area contributed by atoms with Gasteiger partial charge >= 0.3 is 5.97 Å². The van der Waals surface area contributed by atoms with Gasteiger partial charge in [-0.25, -0.2) is 13.2 Å². The molecule has 0 N–H and O–H groups in total. The molecule has 2 aliphatic rings. The highest BCUT2D eigenvalue weighted by Gasteiger charge is 2.39. The van der Waals surface area contributed by atoms with E-state index in [1.54, 1.807) is 42.2 Å². The third-order valence-electron chi connectivity index (χ3n) is 6.27. The Labute approximate surface area is 194 Å². The van der Waals surface area contributed by atoms with Crippen LogP contribution in [-0.2, 0) is 24.3 Å². The number of ether oxygens (including phenoxy) is 2. The molecule has 8 nitrogen and oxygen atoms in total. The van der Waals surface area contributed by atoms with Crippen LogP contribution in [0.2, 0.25) is 0 Å². The van der Waals surface area contributed by atoms with E-state index < -0.39 is 22.1 Å². The Balaban J connectivity index is 1.50. The summed E-state index contributed by atoms with van der Waals surface area (Å²) >= 11 is 0. The van der Waals surface area contributed by atoms with Gasteiger partial charge in [0.05, 0.1) is 24.2 Å². The molecule has 0 bridgehead atoms. The molecule has 0 aliphatic carbocycles. The van der Waals surface area contributed by atoms with Crippen molar-refractivity contribution in [2.45, 2.75) is 37.7 Å². The van der Waals surface area contributed by atoms with Crippen LogP contribution in [0.25, 0.3) is 0 Å². The van der Waals surface area contributed by atoms with Crippen LogP contribution in [0.3, 0.4) is 0 Å². The second kappa shape index (κ2) is 9.15. The fraction of sp³-hybridized carbons (Fsp3) is 0.417. The molecule has 0 spiro atoms. The Morgan fingerprint density at radius 2 is 1.76 bits per heavy atom. The normalized spacial score (nSPS) is 19.5. The quantitative estimate of drug-likeness (QED) is 0.636. The number of aryl methyl sites for hydroxylation is 2. The summed E-state index contributed by atoms with van der Waals surface area (Å²) in [6, 6.07) is 12.5. The molecule has 2 aliphatic heterocycles. The van der Waals surface area contributed by atoms with Crippen LogP contribution in [0.5, 0.6) is 5.75 Å². The molecule has 0 radical (unpaired) electrons. The van der Waals surface area contributed by atoms with Gasteiger partial charge in [-0.3, -0.25) is 4.79 Å². The maximum Gasteiger partial charge on any atom is 0.348 e. The summed E-state index contributed by atoms with van der Waals surface area (Å²) in [7, 11) is -2.35. The van der Waals surface area contributed by atoms with Crippen LogP contribution in [0.4, 0.5) is 5.69 Å². The van der Waals surface area contributed by atoms with E-state index in [9.17, 15) is 18.0 Å². The van der Waals surface area contributed by atoms with Crippen LogP contribution in [0.1, 0.15) is 24.0 Å². The molecule has 33 heavy (non-hydrogen) atoms. The maximum absolute atomic E-state index is 13.4. The van der Waals surface area contributed by atoms with Gasteiger partial charge in [0.2, 0.25) is 22.0 Å². The van der Waals surface area contributed by atoms with Crippen LogP contribution in [-0.4, -0.2) is 57.4 Å². The van der Waals surface area contributed by atoms with Gasteiger partial charge in [0.25, 0.3) is 0 Å². The number of hydrogen-bond donors (Lipinski definition) is 0. The maximum atomic E-state index is 13.4. The fourth-order valence-corrected chi connectivity index (χ4v) is 6.16. The standard InChI is InChI=1S/C24H28N2O6S/c1-16-8-9-17(2)22(14-16)33(29,30)25-12-10-18(11-13-25)23(27)26-15-21(24(28)31-3)32-20-7-5-4-6-19(20)26/h4-9,14,18,21H,10-13,15H2,1-3H3/t21-/m1/s1. The van der Waals surface area contributed by atoms with Crippen molar-refractivity contribution in [3.63, 3.8) is 0 Å². The summed E-state index contributed by atoms with van der Waals surface area (Å²) < 4.78 is 38.4. The second-order valence-electron chi connectivity index (χ2n) is 8.49. The number of carbonyl (C=O) groups excluding carboxylic acids is 2. The van der Waals surface area contributed by atoms with Crippen molar-refractivity contribution in [3.05, 3.63) is 53.6 Å². The third kappa shape index (κ3) is 4.47. The van der Waals surface area contributed by atoms with Gasteiger partial charge in [0.15, 0.2) is 0 Å². The third-order valence-corrected chi connectivity index (χ3v) is 8.31. The van der Waals surface area contributed by atoms with Gasteiger partial charge in [0, 0.05) is 19.0 Å². The smallest absolute Gasteiger partial charge is 0.348 e. The number of carbonyl (C=O) groups is 2. The number of sulfonamides is 1. The van der Waals surface area contributed by atoms with Crippen molar-refractivity contribution in [3.8, 4) is 5.75 Å². The number of nitrogens with zero attached hydrogens (tertiary/aromatic N) is 2. The highest BCUT2D eigenvalue weighted by Crippen LogP contribution is 2.36. The van der Waals surface area contributed by atoms with Crippen molar-refractivity contribution in [1.29, 1.82) is 0 Å². The predicted octanol–water partition coefficient (Wildman–Crippen LogP) is 2.67. The van der Waals surface area contributed by atoms with Gasteiger partial charge in [-0.1, -0.05) is 24.3 Å². The summed E-state index contributed by atoms with van der Waals surface area (Å²) in [5, 5.41) is 0. The van der Waals surface area contributed by atoms with E-state index >= 15 is 0 Å². The van der Waals surface area contributed by atoms with Crippen molar-refractivity contribution in [1.82, 2.24) is 4.31 Å². The molecule has 4 rings (SSSR count). The number of rotatable bonds is 4. The Bertz CT molecular complexity index is 1170. The molecule has 1 amide bonds. The van der Waals surface area contributed by atoms with Gasteiger partial charge in [0.1, 0.15) is 5.75 Å². The molecule has 0 aromatic heterocycles. The van der Waals surface area contributed by atoms with Crippen LogP contribution < -0.4 is 9.64 Å². The Morgan fingerprint density at radius 3 is 2.45 bits per heavy atom. The van der Waals surface area contributed by atoms with E-state index in [0.717, 1.165) is 5.56 Å². The van der Waals surface area contributed by atoms with Crippen LogP contribution in [0, 0.1) is 19.8 Å². The van der Waals surface area contributed by atoms with Crippen molar-refractivity contribution < 1.29 is 27.5 Å². The number of methoxy groups -OCH3 is 1. The zero-order chi connectivity index (χ0) is 23.8. The summed E-state index contributed by atoms with van der Waals surface area (Å²) in [5.41, 5.74) is 2.20. The van der Waals surface area contributed by atoms with E-state index in [1.807, 2.05) is 19.1 Å². The number of esters is 1. The SMILES string of the molecule is COC(=O)[C@H]1CN(C(=O)C2CCN(S(=O)(=O)c3cc(C)ccc3C)CC2)c2ccccc2O1.